The van der Waals surface area contributed by atoms with Crippen LogP contribution in [0.1, 0.15) is 41.5 Å². The lowest BCUT2D eigenvalue weighted by molar-refractivity contribution is -0.113. The Hall–Kier alpha value is -3.78. The van der Waals surface area contributed by atoms with Crippen LogP contribution in [0.3, 0.4) is 0 Å². The molecule has 182 valence electrons. The average molecular weight is 492 g/mol. The minimum Gasteiger partial charge on any atom is -0.497 e. The van der Waals surface area contributed by atoms with Crippen molar-refractivity contribution in [1.82, 2.24) is 5.32 Å². The highest BCUT2D eigenvalue weighted by Gasteiger charge is 2.16. The van der Waals surface area contributed by atoms with Crippen molar-refractivity contribution >= 4 is 40.9 Å². The number of hydrogen-bond acceptors (Lipinski definition) is 5. The van der Waals surface area contributed by atoms with Crippen molar-refractivity contribution in [2.75, 3.05) is 23.5 Å². The zero-order chi connectivity index (χ0) is 25.4. The van der Waals surface area contributed by atoms with Crippen molar-refractivity contribution in [3.05, 3.63) is 83.9 Å². The Morgan fingerprint density at radius 1 is 0.829 bits per heavy atom. The zero-order valence-electron chi connectivity index (χ0n) is 20.2. The third-order valence-electron chi connectivity index (χ3n) is 4.74. The van der Waals surface area contributed by atoms with Crippen molar-refractivity contribution in [1.29, 1.82) is 0 Å². The molecule has 0 saturated heterocycles. The molecule has 0 spiro atoms. The van der Waals surface area contributed by atoms with Crippen LogP contribution in [0, 0.1) is 0 Å². The summed E-state index contributed by atoms with van der Waals surface area (Å²) in [5.74, 6) is 0.125. The SMILES string of the molecule is COc1cccc(NC(=O)CSc2ccccc2C(=O)Nc2ccc(C(=O)NC(C)(C)C)cc2)c1. The van der Waals surface area contributed by atoms with E-state index in [9.17, 15) is 14.4 Å². The Morgan fingerprint density at radius 2 is 1.54 bits per heavy atom. The van der Waals surface area contributed by atoms with E-state index in [0.717, 1.165) is 0 Å². The molecule has 3 aromatic rings. The Bertz CT molecular complexity index is 1200. The molecule has 35 heavy (non-hydrogen) atoms. The predicted molar refractivity (Wildman–Crippen MR) is 140 cm³/mol. The van der Waals surface area contributed by atoms with E-state index in [4.69, 9.17) is 4.74 Å². The van der Waals surface area contributed by atoms with Crippen LogP contribution in [0.4, 0.5) is 11.4 Å². The molecule has 3 aromatic carbocycles. The summed E-state index contributed by atoms with van der Waals surface area (Å²) in [6.07, 6.45) is 0. The number of benzene rings is 3. The average Bonchev–Trinajstić information content (AvgIpc) is 2.82. The molecule has 0 aromatic heterocycles. The van der Waals surface area contributed by atoms with Gasteiger partial charge >= 0.3 is 0 Å². The monoisotopic (exact) mass is 491 g/mol. The quantitative estimate of drug-likeness (QED) is 0.376. The number of nitrogens with one attached hydrogen (secondary N) is 3. The van der Waals surface area contributed by atoms with Gasteiger partial charge in [0.05, 0.1) is 18.4 Å². The summed E-state index contributed by atoms with van der Waals surface area (Å²) in [6.45, 7) is 5.74. The lowest BCUT2D eigenvalue weighted by atomic mass is 10.1. The number of carbonyl (C=O) groups excluding carboxylic acids is 3. The van der Waals surface area contributed by atoms with E-state index in [1.807, 2.05) is 26.8 Å². The van der Waals surface area contributed by atoms with Gasteiger partial charge in [-0.05, 0) is 69.3 Å². The van der Waals surface area contributed by atoms with E-state index in [1.165, 1.54) is 11.8 Å². The number of thioether (sulfide) groups is 1. The highest BCUT2D eigenvalue weighted by Crippen LogP contribution is 2.25. The molecule has 3 N–H and O–H groups in total. The van der Waals surface area contributed by atoms with Gasteiger partial charge in [-0.25, -0.2) is 0 Å². The minimum absolute atomic E-state index is 0.138. The molecule has 0 aliphatic heterocycles. The maximum Gasteiger partial charge on any atom is 0.256 e. The van der Waals surface area contributed by atoms with Crippen LogP contribution in [-0.4, -0.2) is 36.1 Å². The molecule has 0 heterocycles. The number of rotatable bonds is 8. The Balaban J connectivity index is 1.61. The van der Waals surface area contributed by atoms with E-state index in [-0.39, 0.29) is 29.0 Å². The van der Waals surface area contributed by atoms with Gasteiger partial charge in [0.2, 0.25) is 5.91 Å². The molecular weight excluding hydrogens is 462 g/mol. The molecule has 0 saturated carbocycles. The smallest absolute Gasteiger partial charge is 0.256 e. The standard InChI is InChI=1S/C27H29N3O4S/c1-27(2,3)30-25(32)18-12-14-19(15-13-18)29-26(33)22-10-5-6-11-23(22)35-17-24(31)28-20-8-7-9-21(16-20)34-4/h5-16H,17H2,1-4H3,(H,28,31)(H,29,33)(H,30,32). The molecule has 0 atom stereocenters. The van der Waals surface area contributed by atoms with Gasteiger partial charge in [0, 0.05) is 33.4 Å². The van der Waals surface area contributed by atoms with E-state index < -0.39 is 0 Å². The first-order valence-electron chi connectivity index (χ1n) is 11.0. The molecule has 3 amide bonds. The summed E-state index contributed by atoms with van der Waals surface area (Å²) in [5.41, 5.74) is 1.84. The van der Waals surface area contributed by atoms with E-state index in [0.29, 0.717) is 33.1 Å². The van der Waals surface area contributed by atoms with Crippen LogP contribution in [0.5, 0.6) is 5.75 Å². The van der Waals surface area contributed by atoms with Gasteiger partial charge in [0.1, 0.15) is 5.75 Å². The molecule has 0 radical (unpaired) electrons. The second-order valence-electron chi connectivity index (χ2n) is 8.80. The largest absolute Gasteiger partial charge is 0.497 e. The molecule has 0 fully saturated rings. The predicted octanol–water partition coefficient (Wildman–Crippen LogP) is 5.21. The van der Waals surface area contributed by atoms with Crippen LogP contribution in [0.25, 0.3) is 0 Å². The number of ether oxygens (including phenoxy) is 1. The number of amides is 3. The molecule has 0 bridgehead atoms. The number of hydrogen-bond donors (Lipinski definition) is 3. The maximum absolute atomic E-state index is 12.9. The molecule has 7 nitrogen and oxygen atoms in total. The van der Waals surface area contributed by atoms with Crippen molar-refractivity contribution in [3.63, 3.8) is 0 Å². The first-order valence-corrected chi connectivity index (χ1v) is 12.0. The van der Waals surface area contributed by atoms with Crippen LogP contribution in [0.2, 0.25) is 0 Å². The topological polar surface area (TPSA) is 96.5 Å². The molecular formula is C27H29N3O4S. The van der Waals surface area contributed by atoms with Gasteiger partial charge in [-0.1, -0.05) is 18.2 Å². The fourth-order valence-corrected chi connectivity index (χ4v) is 3.99. The minimum atomic E-state index is -0.337. The maximum atomic E-state index is 12.9. The lowest BCUT2D eigenvalue weighted by Crippen LogP contribution is -2.40. The van der Waals surface area contributed by atoms with Gasteiger partial charge in [0.15, 0.2) is 0 Å². The van der Waals surface area contributed by atoms with Gasteiger partial charge < -0.3 is 20.7 Å². The van der Waals surface area contributed by atoms with E-state index in [2.05, 4.69) is 16.0 Å². The zero-order valence-corrected chi connectivity index (χ0v) is 21.0. The van der Waals surface area contributed by atoms with Crippen molar-refractivity contribution in [2.24, 2.45) is 0 Å². The fraction of sp³-hybridized carbons (Fsp3) is 0.222. The third-order valence-corrected chi connectivity index (χ3v) is 5.81. The molecule has 0 unspecified atom stereocenters. The Morgan fingerprint density at radius 3 is 2.23 bits per heavy atom. The second kappa shape index (κ2) is 11.6. The highest BCUT2D eigenvalue weighted by atomic mass is 32.2. The summed E-state index contributed by atoms with van der Waals surface area (Å²) in [6, 6.07) is 20.9. The van der Waals surface area contributed by atoms with Crippen LogP contribution >= 0.6 is 11.8 Å². The summed E-state index contributed by atoms with van der Waals surface area (Å²) in [5, 5.41) is 8.59. The van der Waals surface area contributed by atoms with Gasteiger partial charge in [-0.3, -0.25) is 14.4 Å². The summed E-state index contributed by atoms with van der Waals surface area (Å²) in [4.78, 5) is 38.3. The van der Waals surface area contributed by atoms with Crippen molar-refractivity contribution < 1.29 is 19.1 Å². The van der Waals surface area contributed by atoms with Crippen LogP contribution < -0.4 is 20.7 Å². The number of anilines is 2. The third kappa shape index (κ3) is 7.89. The summed E-state index contributed by atoms with van der Waals surface area (Å²) in [7, 11) is 1.57. The van der Waals surface area contributed by atoms with Gasteiger partial charge in [0.25, 0.3) is 11.8 Å². The number of carbonyl (C=O) groups is 3. The van der Waals surface area contributed by atoms with Gasteiger partial charge in [-0.2, -0.15) is 0 Å². The van der Waals surface area contributed by atoms with Gasteiger partial charge in [-0.15, -0.1) is 11.8 Å². The first kappa shape index (κ1) is 25.8. The first-order chi connectivity index (χ1) is 16.6. The fourth-order valence-electron chi connectivity index (χ4n) is 3.14. The summed E-state index contributed by atoms with van der Waals surface area (Å²) < 4.78 is 5.17. The van der Waals surface area contributed by atoms with E-state index >= 15 is 0 Å². The Kier molecular flexibility index (Phi) is 8.54. The van der Waals surface area contributed by atoms with Crippen LogP contribution in [0.15, 0.2) is 77.7 Å². The highest BCUT2D eigenvalue weighted by molar-refractivity contribution is 8.00. The Labute approximate surface area is 209 Å². The molecule has 3 rings (SSSR count). The molecule has 8 heteroatoms. The second-order valence-corrected chi connectivity index (χ2v) is 9.82. The van der Waals surface area contributed by atoms with Crippen molar-refractivity contribution in [3.8, 4) is 5.75 Å². The molecule has 0 aliphatic carbocycles. The van der Waals surface area contributed by atoms with E-state index in [1.54, 1.807) is 73.8 Å². The molecule has 0 aliphatic rings. The van der Waals surface area contributed by atoms with Crippen molar-refractivity contribution in [2.45, 2.75) is 31.2 Å². The summed E-state index contributed by atoms with van der Waals surface area (Å²) >= 11 is 1.28. The van der Waals surface area contributed by atoms with Crippen LogP contribution in [-0.2, 0) is 4.79 Å². The lowest BCUT2D eigenvalue weighted by Gasteiger charge is -2.20. The normalized spacial score (nSPS) is 10.9. The number of methoxy groups -OCH3 is 1.